The summed E-state index contributed by atoms with van der Waals surface area (Å²) in [5.41, 5.74) is 13.7. The molecule has 3 nitrogen and oxygen atoms in total. The minimum absolute atomic E-state index is 0.349. The van der Waals surface area contributed by atoms with Crippen molar-refractivity contribution in [3.05, 3.63) is 173 Å². The van der Waals surface area contributed by atoms with Gasteiger partial charge >= 0.3 is 0 Å². The fourth-order valence-corrected chi connectivity index (χ4v) is 9.33. The second-order valence-electron chi connectivity index (χ2n) is 14.6. The Hall–Kier alpha value is -6.10. The highest BCUT2D eigenvalue weighted by molar-refractivity contribution is 9.10. The molecule has 1 aliphatic rings. The van der Waals surface area contributed by atoms with Gasteiger partial charge < -0.3 is 13.7 Å². The van der Waals surface area contributed by atoms with Gasteiger partial charge in [0, 0.05) is 47.9 Å². The Morgan fingerprint density at radius 3 is 1.53 bits per heavy atom. The number of furan rings is 2. The lowest BCUT2D eigenvalue weighted by atomic mass is 9.72. The molecule has 10 aromatic rings. The van der Waals surface area contributed by atoms with Crippen LogP contribution in [0.25, 0.3) is 76.9 Å². The molecule has 0 saturated heterocycles. The molecule has 0 radical (unpaired) electrons. The average molecular weight is 747 g/mol. The van der Waals surface area contributed by atoms with E-state index in [0.717, 1.165) is 76.3 Å². The molecule has 3 heterocycles. The van der Waals surface area contributed by atoms with Crippen LogP contribution in [0.1, 0.15) is 25.0 Å². The summed E-state index contributed by atoms with van der Waals surface area (Å²) in [6.07, 6.45) is 0. The van der Waals surface area contributed by atoms with Crippen molar-refractivity contribution in [3.63, 3.8) is 0 Å². The highest BCUT2D eigenvalue weighted by Crippen LogP contribution is 2.55. The highest BCUT2D eigenvalue weighted by atomic mass is 79.9. The largest absolute Gasteiger partial charge is 0.455 e. The molecule has 0 spiro atoms. The number of anilines is 3. The first-order valence-electron chi connectivity index (χ1n) is 18.0. The Morgan fingerprint density at radius 2 is 0.962 bits per heavy atom. The van der Waals surface area contributed by atoms with E-state index in [1.165, 1.54) is 33.3 Å². The van der Waals surface area contributed by atoms with Crippen LogP contribution in [0.4, 0.5) is 17.1 Å². The highest BCUT2D eigenvalue weighted by Gasteiger charge is 2.38. The molecule has 53 heavy (non-hydrogen) atoms. The topological polar surface area (TPSA) is 29.5 Å². The molecule has 0 N–H and O–H groups in total. The molecular weight excluding hydrogens is 714 g/mol. The molecular formula is C49H32BrNO2. The molecule has 8 aromatic carbocycles. The van der Waals surface area contributed by atoms with Crippen molar-refractivity contribution >= 4 is 87.6 Å². The van der Waals surface area contributed by atoms with Gasteiger partial charge in [0.15, 0.2) is 0 Å². The van der Waals surface area contributed by atoms with Gasteiger partial charge in [-0.2, -0.15) is 0 Å². The molecule has 2 aromatic heterocycles. The predicted molar refractivity (Wildman–Crippen MR) is 224 cm³/mol. The first-order valence-corrected chi connectivity index (χ1v) is 18.8. The van der Waals surface area contributed by atoms with Crippen LogP contribution < -0.4 is 4.90 Å². The monoisotopic (exact) mass is 745 g/mol. The molecule has 0 bridgehead atoms. The molecule has 0 unspecified atom stereocenters. The van der Waals surface area contributed by atoms with Crippen molar-refractivity contribution < 1.29 is 8.83 Å². The van der Waals surface area contributed by atoms with Crippen LogP contribution in [0.5, 0.6) is 0 Å². The molecule has 4 heteroatoms. The molecule has 1 aliphatic heterocycles. The van der Waals surface area contributed by atoms with Gasteiger partial charge in [0.2, 0.25) is 0 Å². The third-order valence-electron chi connectivity index (χ3n) is 11.3. The Labute approximate surface area is 314 Å². The first kappa shape index (κ1) is 30.5. The smallest absolute Gasteiger partial charge is 0.143 e. The Morgan fingerprint density at radius 1 is 0.472 bits per heavy atom. The lowest BCUT2D eigenvalue weighted by Gasteiger charge is -2.43. The molecule has 252 valence electrons. The van der Waals surface area contributed by atoms with Crippen molar-refractivity contribution in [2.45, 2.75) is 19.3 Å². The summed E-state index contributed by atoms with van der Waals surface area (Å²) in [5, 5.41) is 6.90. The van der Waals surface area contributed by atoms with Crippen molar-refractivity contribution in [2.75, 3.05) is 4.90 Å². The third kappa shape index (κ3) is 4.39. The zero-order valence-electron chi connectivity index (χ0n) is 29.2. The van der Waals surface area contributed by atoms with Crippen LogP contribution in [0.15, 0.2) is 171 Å². The van der Waals surface area contributed by atoms with E-state index in [1.807, 2.05) is 12.1 Å². The fraction of sp³-hybridized carbons (Fsp3) is 0.0612. The Balaban J connectivity index is 1.17. The second-order valence-corrected chi connectivity index (χ2v) is 15.5. The average Bonchev–Trinajstić information content (AvgIpc) is 3.77. The van der Waals surface area contributed by atoms with E-state index in [9.17, 15) is 0 Å². The van der Waals surface area contributed by atoms with E-state index in [1.54, 1.807) is 0 Å². The van der Waals surface area contributed by atoms with Crippen LogP contribution in [0, 0.1) is 0 Å². The number of hydrogen-bond acceptors (Lipinski definition) is 3. The van der Waals surface area contributed by atoms with Gasteiger partial charge in [0.25, 0.3) is 0 Å². The number of halogens is 1. The number of benzene rings is 8. The molecule has 0 fully saturated rings. The summed E-state index contributed by atoms with van der Waals surface area (Å²) in [5.74, 6) is 0. The summed E-state index contributed by atoms with van der Waals surface area (Å²) in [6, 6.07) is 56.5. The summed E-state index contributed by atoms with van der Waals surface area (Å²) in [4.78, 5) is 2.46. The van der Waals surface area contributed by atoms with E-state index < -0.39 is 0 Å². The summed E-state index contributed by atoms with van der Waals surface area (Å²) >= 11 is 3.93. The minimum Gasteiger partial charge on any atom is -0.455 e. The maximum atomic E-state index is 6.54. The van der Waals surface area contributed by atoms with Gasteiger partial charge in [-0.05, 0) is 76.2 Å². The van der Waals surface area contributed by atoms with E-state index in [0.29, 0.717) is 0 Å². The maximum absolute atomic E-state index is 6.54. The molecule has 0 atom stereocenters. The van der Waals surface area contributed by atoms with Gasteiger partial charge in [-0.3, -0.25) is 0 Å². The molecule has 0 saturated carbocycles. The normalized spacial score (nSPS) is 13.7. The van der Waals surface area contributed by atoms with Crippen molar-refractivity contribution in [2.24, 2.45) is 0 Å². The van der Waals surface area contributed by atoms with Gasteiger partial charge in [-0.1, -0.05) is 139 Å². The minimum atomic E-state index is -0.349. The van der Waals surface area contributed by atoms with E-state index >= 15 is 0 Å². The second kappa shape index (κ2) is 11.2. The van der Waals surface area contributed by atoms with Crippen LogP contribution in [-0.2, 0) is 5.41 Å². The molecule has 0 amide bonds. The van der Waals surface area contributed by atoms with Gasteiger partial charge in [0.1, 0.15) is 22.3 Å². The van der Waals surface area contributed by atoms with Crippen LogP contribution >= 0.6 is 15.9 Å². The van der Waals surface area contributed by atoms with Crippen molar-refractivity contribution in [1.82, 2.24) is 0 Å². The molecule has 11 rings (SSSR count). The van der Waals surface area contributed by atoms with Crippen LogP contribution in [-0.4, -0.2) is 0 Å². The molecule has 0 aliphatic carbocycles. The zero-order chi connectivity index (χ0) is 35.4. The number of fused-ring (bicyclic) bond motifs is 9. The number of nitrogens with zero attached hydrogens (tertiary/aromatic N) is 1. The maximum Gasteiger partial charge on any atom is 0.143 e. The van der Waals surface area contributed by atoms with Crippen LogP contribution in [0.3, 0.4) is 0 Å². The quantitative estimate of drug-likeness (QED) is 0.180. The number of hydrogen-bond donors (Lipinski definition) is 0. The fourth-order valence-electron chi connectivity index (χ4n) is 8.74. The summed E-state index contributed by atoms with van der Waals surface area (Å²) in [7, 11) is 0. The number of para-hydroxylation sites is 4. The van der Waals surface area contributed by atoms with E-state index in [2.05, 4.69) is 180 Å². The Bertz CT molecular complexity index is 2960. The summed E-state index contributed by atoms with van der Waals surface area (Å²) in [6.45, 7) is 4.72. The van der Waals surface area contributed by atoms with Crippen molar-refractivity contribution in [1.29, 1.82) is 0 Å². The van der Waals surface area contributed by atoms with Crippen molar-refractivity contribution in [3.8, 4) is 22.3 Å². The lowest BCUT2D eigenvalue weighted by molar-refractivity contribution is 0.632. The number of rotatable bonds is 3. The van der Waals surface area contributed by atoms with E-state index in [-0.39, 0.29) is 5.41 Å². The third-order valence-corrected chi connectivity index (χ3v) is 12.0. The zero-order valence-corrected chi connectivity index (χ0v) is 30.7. The van der Waals surface area contributed by atoms with Gasteiger partial charge in [0.05, 0.1) is 17.1 Å². The first-order chi connectivity index (χ1) is 26.0. The van der Waals surface area contributed by atoms with E-state index in [4.69, 9.17) is 8.83 Å². The summed E-state index contributed by atoms with van der Waals surface area (Å²) < 4.78 is 14.1. The predicted octanol–water partition coefficient (Wildman–Crippen LogP) is 14.8. The standard InChI is InChI=1S/C49H32BrNO2/c1-49(2)38-27-30(32-15-9-17-36-34-13-3-5-21-44(34)52-47(32)36)23-25-41(38)51(43-20-8-12-29-11-7-19-40(50)46(29)43)42-26-24-31(28-39(42)49)33-16-10-18-37-35-14-4-6-22-45(35)53-48(33)37/h3-28H,1-2H3. The van der Waals surface area contributed by atoms with Crippen LogP contribution in [0.2, 0.25) is 0 Å². The van der Waals surface area contributed by atoms with Gasteiger partial charge in [-0.15, -0.1) is 0 Å². The van der Waals surface area contributed by atoms with Gasteiger partial charge in [-0.25, -0.2) is 0 Å². The lowest BCUT2D eigenvalue weighted by Crippen LogP contribution is -2.31. The SMILES string of the molecule is CC1(C)c2cc(-c3cccc4c3oc3ccccc34)ccc2N(c2cccc3cccc(Br)c23)c2ccc(-c3cccc4c3oc3ccccc34)cc21. The Kier molecular flexibility index (Phi) is 6.45.